The summed E-state index contributed by atoms with van der Waals surface area (Å²) in [5.41, 5.74) is 1.23. The number of nitrogens with one attached hydrogen (secondary N) is 1. The minimum Gasteiger partial charge on any atom is -0.340 e. The molecular formula is C17H21FN4O2. The van der Waals surface area contributed by atoms with E-state index in [0.717, 1.165) is 19.6 Å². The van der Waals surface area contributed by atoms with Gasteiger partial charge in [-0.15, -0.1) is 0 Å². The topological polar surface area (TPSA) is 71.3 Å². The molecule has 1 fully saturated rings. The number of piperazine rings is 1. The normalized spacial score (nSPS) is 18.0. The monoisotopic (exact) mass is 332 g/mol. The average Bonchev–Trinajstić information content (AvgIpc) is 3.04. The highest BCUT2D eigenvalue weighted by atomic mass is 19.1. The summed E-state index contributed by atoms with van der Waals surface area (Å²) in [5, 5.41) is 7.23. The van der Waals surface area contributed by atoms with Gasteiger partial charge in [0.2, 0.25) is 17.6 Å². The van der Waals surface area contributed by atoms with Crippen molar-refractivity contribution in [1.82, 2.24) is 20.4 Å². The maximum atomic E-state index is 13.3. The van der Waals surface area contributed by atoms with Gasteiger partial charge in [0, 0.05) is 44.1 Å². The number of halogens is 1. The van der Waals surface area contributed by atoms with Crippen molar-refractivity contribution in [3.05, 3.63) is 35.5 Å². The highest BCUT2D eigenvalue weighted by molar-refractivity contribution is 5.76. The van der Waals surface area contributed by atoms with Crippen molar-refractivity contribution in [2.45, 2.75) is 32.7 Å². The van der Waals surface area contributed by atoms with E-state index in [1.807, 2.05) is 4.90 Å². The predicted octanol–water partition coefficient (Wildman–Crippen LogP) is 1.94. The lowest BCUT2D eigenvalue weighted by Crippen LogP contribution is -2.51. The Kier molecular flexibility index (Phi) is 4.89. The van der Waals surface area contributed by atoms with Crippen LogP contribution in [0.1, 0.15) is 24.8 Å². The predicted molar refractivity (Wildman–Crippen MR) is 86.8 cm³/mol. The first-order chi connectivity index (χ1) is 11.5. The number of aryl methyl sites for hydroxylation is 2. The maximum Gasteiger partial charge on any atom is 0.227 e. The quantitative estimate of drug-likeness (QED) is 0.926. The molecule has 1 aliphatic heterocycles. The molecule has 7 heteroatoms. The van der Waals surface area contributed by atoms with Gasteiger partial charge < -0.3 is 14.7 Å². The number of benzene rings is 1. The van der Waals surface area contributed by atoms with Crippen LogP contribution in [-0.2, 0) is 11.2 Å². The molecule has 0 spiro atoms. The summed E-state index contributed by atoms with van der Waals surface area (Å²) in [6.07, 6.45) is 0.751. The molecule has 1 N–H and O–H groups in total. The summed E-state index contributed by atoms with van der Waals surface area (Å²) >= 11 is 0. The minimum atomic E-state index is -0.265. The molecule has 0 aliphatic carbocycles. The molecule has 1 aromatic carbocycles. The van der Waals surface area contributed by atoms with Crippen LogP contribution in [-0.4, -0.2) is 46.6 Å². The van der Waals surface area contributed by atoms with E-state index < -0.39 is 0 Å². The second-order valence-electron chi connectivity index (χ2n) is 6.17. The molecule has 3 rings (SSSR count). The minimum absolute atomic E-state index is 0.0979. The molecule has 1 amide bonds. The molecule has 0 unspecified atom stereocenters. The Balaban J connectivity index is 1.59. The molecular weight excluding hydrogens is 311 g/mol. The summed E-state index contributed by atoms with van der Waals surface area (Å²) in [7, 11) is 0. The van der Waals surface area contributed by atoms with Gasteiger partial charge >= 0.3 is 0 Å². The van der Waals surface area contributed by atoms with Gasteiger partial charge in [0.05, 0.1) is 0 Å². The second-order valence-corrected chi connectivity index (χ2v) is 6.17. The van der Waals surface area contributed by atoms with Gasteiger partial charge in [0.25, 0.3) is 0 Å². The Bertz CT molecular complexity index is 731. The SMILES string of the molecule is Cc1cc(-c2noc(CCC(=O)N3CCN[C@H](C)C3)n2)ccc1F. The van der Waals surface area contributed by atoms with E-state index in [2.05, 4.69) is 22.4 Å². The second kappa shape index (κ2) is 7.09. The fourth-order valence-electron chi connectivity index (χ4n) is 2.79. The average molecular weight is 332 g/mol. The molecule has 0 bridgehead atoms. The highest BCUT2D eigenvalue weighted by Crippen LogP contribution is 2.19. The zero-order chi connectivity index (χ0) is 17.1. The van der Waals surface area contributed by atoms with Crippen LogP contribution in [0.4, 0.5) is 4.39 Å². The first-order valence-electron chi connectivity index (χ1n) is 8.13. The van der Waals surface area contributed by atoms with Crippen LogP contribution < -0.4 is 5.32 Å². The van der Waals surface area contributed by atoms with E-state index >= 15 is 0 Å². The number of amides is 1. The van der Waals surface area contributed by atoms with Gasteiger partial charge in [0.1, 0.15) is 5.82 Å². The van der Waals surface area contributed by atoms with Crippen molar-refractivity contribution < 1.29 is 13.7 Å². The Morgan fingerprint density at radius 3 is 3.08 bits per heavy atom. The van der Waals surface area contributed by atoms with Crippen molar-refractivity contribution in [1.29, 1.82) is 0 Å². The fourth-order valence-corrected chi connectivity index (χ4v) is 2.79. The van der Waals surface area contributed by atoms with E-state index in [4.69, 9.17) is 4.52 Å². The zero-order valence-electron chi connectivity index (χ0n) is 13.9. The first kappa shape index (κ1) is 16.6. The maximum absolute atomic E-state index is 13.3. The number of rotatable bonds is 4. The van der Waals surface area contributed by atoms with Gasteiger partial charge in [-0.1, -0.05) is 5.16 Å². The van der Waals surface area contributed by atoms with Crippen molar-refractivity contribution in [2.75, 3.05) is 19.6 Å². The smallest absolute Gasteiger partial charge is 0.227 e. The Labute approximate surface area is 140 Å². The number of carbonyl (C=O) groups excluding carboxylic acids is 1. The summed E-state index contributed by atoms with van der Waals surface area (Å²) in [6.45, 7) is 6.03. The third-order valence-corrected chi connectivity index (χ3v) is 4.16. The third-order valence-electron chi connectivity index (χ3n) is 4.16. The molecule has 0 saturated carbocycles. The van der Waals surface area contributed by atoms with Crippen LogP contribution in [0.2, 0.25) is 0 Å². The molecule has 128 valence electrons. The van der Waals surface area contributed by atoms with Crippen molar-refractivity contribution in [3.63, 3.8) is 0 Å². The van der Waals surface area contributed by atoms with E-state index in [1.54, 1.807) is 19.1 Å². The van der Waals surface area contributed by atoms with Crippen LogP contribution in [0.15, 0.2) is 22.7 Å². The van der Waals surface area contributed by atoms with E-state index in [0.29, 0.717) is 41.7 Å². The Morgan fingerprint density at radius 1 is 1.50 bits per heavy atom. The third kappa shape index (κ3) is 3.79. The van der Waals surface area contributed by atoms with Gasteiger partial charge in [-0.3, -0.25) is 4.79 Å². The lowest BCUT2D eigenvalue weighted by atomic mass is 10.1. The number of nitrogens with zero attached hydrogens (tertiary/aromatic N) is 3. The molecule has 6 nitrogen and oxygen atoms in total. The van der Waals surface area contributed by atoms with Crippen LogP contribution in [0.25, 0.3) is 11.4 Å². The lowest BCUT2D eigenvalue weighted by molar-refractivity contribution is -0.132. The molecule has 1 atom stereocenters. The van der Waals surface area contributed by atoms with E-state index in [9.17, 15) is 9.18 Å². The van der Waals surface area contributed by atoms with Crippen molar-refractivity contribution in [3.8, 4) is 11.4 Å². The summed E-state index contributed by atoms with van der Waals surface area (Å²) in [4.78, 5) is 18.4. The van der Waals surface area contributed by atoms with Crippen LogP contribution in [0.3, 0.4) is 0 Å². The largest absolute Gasteiger partial charge is 0.340 e. The Morgan fingerprint density at radius 2 is 2.33 bits per heavy atom. The standard InChI is InChI=1S/C17H21FN4O2/c1-11-9-13(3-4-14(11)18)17-20-15(24-21-17)5-6-16(23)22-8-7-19-12(2)10-22/h3-4,9,12,19H,5-8,10H2,1-2H3/t12-/m1/s1. The van der Waals surface area contributed by atoms with Gasteiger partial charge in [-0.2, -0.15) is 4.98 Å². The highest BCUT2D eigenvalue weighted by Gasteiger charge is 2.21. The van der Waals surface area contributed by atoms with Gasteiger partial charge in [-0.05, 0) is 37.6 Å². The van der Waals surface area contributed by atoms with Gasteiger partial charge in [-0.25, -0.2) is 4.39 Å². The lowest BCUT2D eigenvalue weighted by Gasteiger charge is -2.31. The van der Waals surface area contributed by atoms with E-state index in [1.165, 1.54) is 6.07 Å². The molecule has 0 radical (unpaired) electrons. The molecule has 24 heavy (non-hydrogen) atoms. The Hall–Kier alpha value is -2.28. The molecule has 2 heterocycles. The molecule has 1 saturated heterocycles. The van der Waals surface area contributed by atoms with Crippen LogP contribution in [0.5, 0.6) is 0 Å². The molecule has 1 aliphatic rings. The summed E-state index contributed by atoms with van der Waals surface area (Å²) in [6, 6.07) is 5.00. The van der Waals surface area contributed by atoms with Crippen LogP contribution >= 0.6 is 0 Å². The number of hydrogen-bond donors (Lipinski definition) is 1. The number of aromatic nitrogens is 2. The van der Waals surface area contributed by atoms with Crippen molar-refractivity contribution in [2.24, 2.45) is 0 Å². The van der Waals surface area contributed by atoms with E-state index in [-0.39, 0.29) is 11.7 Å². The number of hydrogen-bond acceptors (Lipinski definition) is 5. The number of carbonyl (C=O) groups is 1. The molecule has 2 aromatic rings. The summed E-state index contributed by atoms with van der Waals surface area (Å²) < 4.78 is 18.5. The van der Waals surface area contributed by atoms with Gasteiger partial charge in [0.15, 0.2) is 0 Å². The first-order valence-corrected chi connectivity index (χ1v) is 8.13. The fraction of sp³-hybridized carbons (Fsp3) is 0.471. The zero-order valence-corrected chi connectivity index (χ0v) is 13.9. The van der Waals surface area contributed by atoms with Crippen molar-refractivity contribution >= 4 is 5.91 Å². The molecule has 1 aromatic heterocycles. The summed E-state index contributed by atoms with van der Waals surface area (Å²) in [5.74, 6) is 0.666. The van der Waals surface area contributed by atoms with Crippen LogP contribution in [0, 0.1) is 12.7 Å².